The molecule has 4 rings (SSSR count). The van der Waals surface area contributed by atoms with Crippen molar-refractivity contribution in [2.45, 2.75) is 37.3 Å². The molecule has 2 atom stereocenters. The maximum Gasteiger partial charge on any atom is 0.280 e. The minimum atomic E-state index is -3.03. The first-order chi connectivity index (χ1) is 13.4. The van der Waals surface area contributed by atoms with E-state index in [0.717, 1.165) is 16.9 Å². The van der Waals surface area contributed by atoms with Crippen molar-refractivity contribution < 1.29 is 13.6 Å². The smallest absolute Gasteiger partial charge is 0.280 e. The molecule has 0 spiro atoms. The highest BCUT2D eigenvalue weighted by Gasteiger charge is 2.46. The molecule has 28 heavy (non-hydrogen) atoms. The molecule has 1 aliphatic carbocycles. The van der Waals surface area contributed by atoms with Crippen LogP contribution in [-0.4, -0.2) is 38.5 Å². The van der Waals surface area contributed by atoms with Crippen LogP contribution in [0.4, 0.5) is 8.78 Å². The monoisotopic (exact) mass is 402 g/mol. The molecule has 3 heterocycles. The van der Waals surface area contributed by atoms with Crippen LogP contribution in [0, 0.1) is 11.3 Å². The lowest BCUT2D eigenvalue weighted by Crippen LogP contribution is -2.59. The number of aromatic nitrogens is 3. The highest BCUT2D eigenvalue weighted by Crippen LogP contribution is 2.33. The number of rotatable bonds is 3. The Morgan fingerprint density at radius 3 is 3.04 bits per heavy atom. The summed E-state index contributed by atoms with van der Waals surface area (Å²) in [4.78, 5) is 16.8. The Hall–Kier alpha value is -2.90. The Morgan fingerprint density at radius 1 is 1.46 bits per heavy atom. The second-order valence-corrected chi connectivity index (χ2v) is 7.58. The number of hydrogen-bond acceptors (Lipinski definition) is 6. The van der Waals surface area contributed by atoms with Crippen LogP contribution in [0.5, 0.6) is 0 Å². The Kier molecular flexibility index (Phi) is 4.56. The number of nitrogens with zero attached hydrogens (tertiary/aromatic N) is 4. The van der Waals surface area contributed by atoms with Crippen molar-refractivity contribution in [3.63, 3.8) is 0 Å². The van der Waals surface area contributed by atoms with Gasteiger partial charge in [0.15, 0.2) is 5.01 Å². The van der Waals surface area contributed by atoms with Gasteiger partial charge >= 0.3 is 0 Å². The molecule has 1 saturated carbocycles. The number of nitrogens with two attached hydrogens (primary N) is 1. The highest BCUT2D eigenvalue weighted by atomic mass is 32.1. The molecule has 0 aliphatic heterocycles. The molecule has 3 aromatic rings. The lowest BCUT2D eigenvalue weighted by molar-refractivity contribution is -0.0674. The first kappa shape index (κ1) is 18.5. The fourth-order valence-corrected chi connectivity index (χ4v) is 4.09. The second-order valence-electron chi connectivity index (χ2n) is 6.72. The van der Waals surface area contributed by atoms with Gasteiger partial charge in [-0.1, -0.05) is 0 Å². The van der Waals surface area contributed by atoms with Crippen molar-refractivity contribution in [3.8, 4) is 17.3 Å². The van der Waals surface area contributed by atoms with Crippen molar-refractivity contribution in [1.82, 2.24) is 19.9 Å². The number of nitriles is 1. The number of fused-ring (bicyclic) bond motifs is 1. The molecule has 0 saturated heterocycles. The summed E-state index contributed by atoms with van der Waals surface area (Å²) in [5.74, 6) is -3.70. The van der Waals surface area contributed by atoms with E-state index in [1.807, 2.05) is 6.07 Å². The molecule has 0 bridgehead atoms. The van der Waals surface area contributed by atoms with Gasteiger partial charge in [0, 0.05) is 29.6 Å². The van der Waals surface area contributed by atoms with Crippen molar-refractivity contribution in [3.05, 3.63) is 40.5 Å². The zero-order chi connectivity index (χ0) is 19.9. The third-order valence-corrected chi connectivity index (χ3v) is 5.68. The van der Waals surface area contributed by atoms with Crippen LogP contribution in [0.25, 0.3) is 16.8 Å². The summed E-state index contributed by atoms with van der Waals surface area (Å²) >= 11 is 1.06. The summed E-state index contributed by atoms with van der Waals surface area (Å²) in [6, 6.07) is 3.24. The summed E-state index contributed by atoms with van der Waals surface area (Å²) in [6.45, 7) is 0. The zero-order valence-corrected chi connectivity index (χ0v) is 15.4. The van der Waals surface area contributed by atoms with Gasteiger partial charge in [-0.3, -0.25) is 4.79 Å². The van der Waals surface area contributed by atoms with Gasteiger partial charge < -0.3 is 11.1 Å². The third-order valence-electron chi connectivity index (χ3n) is 4.84. The van der Waals surface area contributed by atoms with Crippen LogP contribution in [0.15, 0.2) is 29.9 Å². The minimum Gasteiger partial charge on any atom is -0.340 e. The van der Waals surface area contributed by atoms with Gasteiger partial charge in [-0.25, -0.2) is 18.3 Å². The van der Waals surface area contributed by atoms with Crippen LogP contribution in [-0.2, 0) is 0 Å². The lowest BCUT2D eigenvalue weighted by Gasteiger charge is -2.36. The van der Waals surface area contributed by atoms with Crippen molar-refractivity contribution >= 4 is 22.8 Å². The van der Waals surface area contributed by atoms with Gasteiger partial charge in [0.2, 0.25) is 0 Å². The quantitative estimate of drug-likeness (QED) is 0.700. The summed E-state index contributed by atoms with van der Waals surface area (Å²) in [5.41, 5.74) is 8.18. The molecule has 3 aromatic heterocycles. The molecule has 1 aliphatic rings. The van der Waals surface area contributed by atoms with Crippen molar-refractivity contribution in [2.75, 3.05) is 0 Å². The van der Waals surface area contributed by atoms with Crippen LogP contribution < -0.4 is 11.1 Å². The Bertz CT molecular complexity index is 1090. The van der Waals surface area contributed by atoms with E-state index < -0.39 is 23.9 Å². The van der Waals surface area contributed by atoms with Gasteiger partial charge in [0.1, 0.15) is 12.1 Å². The molecule has 3 N–H and O–H groups in total. The number of pyridine rings is 1. The fraction of sp³-hybridized carbons (Fsp3) is 0.333. The second kappa shape index (κ2) is 6.92. The molecule has 144 valence electrons. The molecule has 1 amide bonds. The van der Waals surface area contributed by atoms with Gasteiger partial charge in [-0.2, -0.15) is 10.4 Å². The molecule has 7 nitrogen and oxygen atoms in total. The van der Waals surface area contributed by atoms with Gasteiger partial charge in [-0.05, 0) is 25.0 Å². The van der Waals surface area contributed by atoms with E-state index in [0.29, 0.717) is 29.7 Å². The maximum absolute atomic E-state index is 14.1. The number of carbonyl (C=O) groups excluding carboxylic acids is 1. The minimum absolute atomic E-state index is 0.0802. The molecule has 1 fully saturated rings. The Labute approximate surface area is 162 Å². The Balaban J connectivity index is 1.58. The third kappa shape index (κ3) is 3.23. The van der Waals surface area contributed by atoms with Crippen LogP contribution in [0.1, 0.15) is 34.6 Å². The summed E-state index contributed by atoms with van der Waals surface area (Å²) < 4.78 is 29.8. The van der Waals surface area contributed by atoms with E-state index in [1.165, 1.54) is 0 Å². The number of hydrogen-bond donors (Lipinski definition) is 2. The molecule has 10 heteroatoms. The average Bonchev–Trinajstić information content (AvgIpc) is 3.30. The predicted octanol–water partition coefficient (Wildman–Crippen LogP) is 2.57. The zero-order valence-electron chi connectivity index (χ0n) is 14.6. The number of nitrogens with one attached hydrogen (secondary N) is 1. The first-order valence-electron chi connectivity index (χ1n) is 8.67. The molecule has 2 unspecified atom stereocenters. The number of amides is 1. The van der Waals surface area contributed by atoms with E-state index in [1.54, 1.807) is 34.4 Å². The SMILES string of the molecule is N#Cc1ccc2c(-c3csc(C(=O)NC4C(N)CCCC4(F)F)n3)cnn2c1. The predicted molar refractivity (Wildman–Crippen MR) is 99.0 cm³/mol. The first-order valence-corrected chi connectivity index (χ1v) is 9.54. The van der Waals surface area contributed by atoms with E-state index in [9.17, 15) is 13.6 Å². The molecular weight excluding hydrogens is 386 g/mol. The number of thiazole rings is 1. The number of halogens is 2. The van der Waals surface area contributed by atoms with Gasteiger partial charge in [-0.15, -0.1) is 11.3 Å². The van der Waals surface area contributed by atoms with E-state index >= 15 is 0 Å². The van der Waals surface area contributed by atoms with Crippen molar-refractivity contribution in [1.29, 1.82) is 5.26 Å². The summed E-state index contributed by atoms with van der Waals surface area (Å²) in [7, 11) is 0. The van der Waals surface area contributed by atoms with Crippen LogP contribution in [0.2, 0.25) is 0 Å². The molecular formula is C18H16F2N6OS. The normalized spacial score (nSPS) is 21.4. The maximum atomic E-state index is 14.1. The topological polar surface area (TPSA) is 109 Å². The van der Waals surface area contributed by atoms with E-state index in [2.05, 4.69) is 15.4 Å². The lowest BCUT2D eigenvalue weighted by atomic mass is 9.87. The largest absolute Gasteiger partial charge is 0.340 e. The van der Waals surface area contributed by atoms with Gasteiger partial charge in [0.05, 0.1) is 23.0 Å². The Morgan fingerprint density at radius 2 is 2.29 bits per heavy atom. The van der Waals surface area contributed by atoms with Crippen molar-refractivity contribution in [2.24, 2.45) is 5.73 Å². The highest BCUT2D eigenvalue weighted by molar-refractivity contribution is 7.12. The van der Waals surface area contributed by atoms with Crippen LogP contribution >= 0.6 is 11.3 Å². The summed E-state index contributed by atoms with van der Waals surface area (Å²) in [6.07, 6.45) is 3.66. The van der Waals surface area contributed by atoms with E-state index in [-0.39, 0.29) is 11.4 Å². The number of carbonyl (C=O) groups is 1. The summed E-state index contributed by atoms with van der Waals surface area (Å²) in [5, 5.41) is 17.3. The van der Waals surface area contributed by atoms with Gasteiger partial charge in [0.25, 0.3) is 11.8 Å². The standard InChI is InChI=1S/C18H16F2N6OS/c19-18(20)5-1-2-12(22)15(18)25-16(27)17-24-13(9-28-17)11-7-23-26-8-10(6-21)3-4-14(11)26/h3-4,7-9,12,15H,1-2,5,22H2,(H,25,27). The number of alkyl halides is 2. The molecule has 0 aromatic carbocycles. The van der Waals surface area contributed by atoms with Crippen LogP contribution in [0.3, 0.4) is 0 Å². The van der Waals surface area contributed by atoms with E-state index in [4.69, 9.17) is 11.0 Å². The molecule has 0 radical (unpaired) electrons. The average molecular weight is 402 g/mol. The fourth-order valence-electron chi connectivity index (χ4n) is 3.37.